The first kappa shape index (κ1) is 16.1. The predicted molar refractivity (Wildman–Crippen MR) is 54.1 cm³/mol. The fraction of sp³-hybridized carbons (Fsp3) is 1.00. The lowest BCUT2D eigenvalue weighted by Gasteiger charge is -2.65. The van der Waals surface area contributed by atoms with E-state index in [1.54, 1.807) is 0 Å². The van der Waals surface area contributed by atoms with Gasteiger partial charge in [-0.05, 0) is 31.6 Å². The molecule has 0 aliphatic heterocycles. The second-order valence-corrected chi connectivity index (χ2v) is 6.25. The van der Waals surface area contributed by atoms with Gasteiger partial charge in [0, 0.05) is 39.1 Å². The molecule has 4 atom stereocenters. The number of nitrogens with zero attached hydrogens (tertiary/aromatic N) is 4. The normalized spacial score (nSPS) is 38.7. The molecule has 0 aromatic carbocycles. The van der Waals surface area contributed by atoms with Gasteiger partial charge in [0.1, 0.15) is 0 Å². The summed E-state index contributed by atoms with van der Waals surface area (Å²) in [7, 11) is 0. The molecule has 4 bridgehead atoms. The van der Waals surface area contributed by atoms with Crippen LogP contribution in [0.4, 0.5) is 35.9 Å². The van der Waals surface area contributed by atoms with Crippen molar-refractivity contribution in [1.29, 1.82) is 0 Å². The van der Waals surface area contributed by atoms with E-state index in [1.807, 2.05) is 0 Å². The Morgan fingerprint density at radius 1 is 0.545 bits per heavy atom. The Bertz CT molecular complexity index is 395. The van der Waals surface area contributed by atoms with Gasteiger partial charge in [-0.3, -0.25) is 0 Å². The first-order valence-electron chi connectivity index (χ1n) is 6.67. The third kappa shape index (κ3) is 1.61. The van der Waals surface area contributed by atoms with Crippen LogP contribution >= 0.6 is 0 Å². The summed E-state index contributed by atoms with van der Waals surface area (Å²) in [6, 6.07) is 0. The minimum Gasteiger partial charge on any atom is -0.0993 e. The molecule has 2 unspecified atom stereocenters. The molecule has 4 nitrogen and oxygen atoms in total. The Hall–Kier alpha value is -0.720. The molecule has 22 heavy (non-hydrogen) atoms. The maximum absolute atomic E-state index is 13.3. The molecule has 0 amide bonds. The van der Waals surface area contributed by atoms with Crippen molar-refractivity contribution in [2.24, 2.45) is 23.7 Å². The van der Waals surface area contributed by atoms with Crippen molar-refractivity contribution < 1.29 is 35.9 Å². The van der Waals surface area contributed by atoms with Crippen LogP contribution < -0.4 is 0 Å². The van der Waals surface area contributed by atoms with Gasteiger partial charge in [0.15, 0.2) is 0 Å². The molecule has 0 aromatic heterocycles. The second-order valence-electron chi connectivity index (χ2n) is 6.25. The first-order valence-corrected chi connectivity index (χ1v) is 6.67. The quantitative estimate of drug-likeness (QED) is 0.439. The Morgan fingerprint density at radius 3 is 1.23 bits per heavy atom. The van der Waals surface area contributed by atoms with E-state index in [-0.39, 0.29) is 18.8 Å². The zero-order valence-electron chi connectivity index (χ0n) is 11.0. The highest BCUT2D eigenvalue weighted by molar-refractivity contribution is 5.17. The third-order valence-electron chi connectivity index (χ3n) is 5.68. The van der Waals surface area contributed by atoms with Gasteiger partial charge in [-0.2, -0.15) is 0 Å². The van der Waals surface area contributed by atoms with E-state index in [2.05, 4.69) is 0 Å². The van der Waals surface area contributed by atoms with Crippen molar-refractivity contribution in [3.8, 4) is 0 Å². The minimum absolute atomic E-state index is 0.0189. The van der Waals surface area contributed by atoms with Crippen molar-refractivity contribution in [2.45, 2.75) is 37.0 Å². The molecule has 4 aliphatic carbocycles. The van der Waals surface area contributed by atoms with Crippen LogP contribution in [0.25, 0.3) is 0 Å². The van der Waals surface area contributed by atoms with E-state index >= 15 is 0 Å². The summed E-state index contributed by atoms with van der Waals surface area (Å²) in [6.07, 6.45) is -1.13. The molecule has 12 heteroatoms. The second kappa shape index (κ2) is 4.89. The van der Waals surface area contributed by atoms with Crippen LogP contribution in [0.5, 0.6) is 0 Å². The van der Waals surface area contributed by atoms with Gasteiger partial charge in [-0.15, -0.1) is 0 Å². The van der Waals surface area contributed by atoms with Crippen LogP contribution in [-0.4, -0.2) is 32.7 Å². The Kier molecular flexibility index (Phi) is 3.59. The molecule has 0 radical (unpaired) electrons. The SMILES string of the molecule is FN(F)C1(N(F)F)C2CC3C[C@@H]1C[C@H](C3)C2(N(F)F)N(F)F. The molecule has 4 fully saturated rings. The van der Waals surface area contributed by atoms with Crippen molar-refractivity contribution in [3.63, 3.8) is 0 Å². The standard InChI is InChI=1S/C10H12F8N4/c11-19(12)9(20(13)14)6-1-5-2-7(4-6)10(21(15)16,22(17)18)8(9)3-5/h5-8H,1-4H2/t5?,6-,7+,8?. The molecule has 0 N–H and O–H groups in total. The molecule has 4 aliphatic rings. The lowest BCUT2D eigenvalue weighted by Crippen LogP contribution is -2.79. The summed E-state index contributed by atoms with van der Waals surface area (Å²) in [4.78, 5) is 0. The lowest BCUT2D eigenvalue weighted by molar-refractivity contribution is -0.495. The summed E-state index contributed by atoms with van der Waals surface area (Å²) in [5.41, 5.74) is -6.89. The molecule has 0 heterocycles. The highest BCUT2D eigenvalue weighted by atomic mass is 19.4. The molecule has 4 rings (SSSR count). The van der Waals surface area contributed by atoms with Crippen LogP contribution in [0.15, 0.2) is 0 Å². The van der Waals surface area contributed by atoms with Crippen LogP contribution in [0, 0.1) is 23.7 Å². The largest absolute Gasteiger partial charge is 0.205 e. The van der Waals surface area contributed by atoms with Crippen LogP contribution in [0.2, 0.25) is 0 Å². The molecular formula is C10H12F8N4. The van der Waals surface area contributed by atoms with Gasteiger partial charge >= 0.3 is 0 Å². The third-order valence-corrected chi connectivity index (χ3v) is 5.68. The Labute approximate surface area is 119 Å². The minimum atomic E-state index is -3.44. The molecule has 0 spiro atoms. The number of rotatable bonds is 4. The van der Waals surface area contributed by atoms with Crippen molar-refractivity contribution >= 4 is 0 Å². The van der Waals surface area contributed by atoms with Gasteiger partial charge in [-0.1, -0.05) is 35.9 Å². The number of hydrogen-bond acceptors (Lipinski definition) is 4. The highest BCUT2D eigenvalue weighted by Gasteiger charge is 2.79. The van der Waals surface area contributed by atoms with E-state index in [1.165, 1.54) is 0 Å². The molecular weight excluding hydrogens is 328 g/mol. The highest BCUT2D eigenvalue weighted by Crippen LogP contribution is 2.67. The average molecular weight is 340 g/mol. The summed E-state index contributed by atoms with van der Waals surface area (Å²) >= 11 is 0. The zero-order valence-corrected chi connectivity index (χ0v) is 11.0. The fourth-order valence-electron chi connectivity index (χ4n) is 5.02. The maximum Gasteiger partial charge on any atom is 0.205 e. The van der Waals surface area contributed by atoms with Crippen LogP contribution in [0.3, 0.4) is 0 Å². The van der Waals surface area contributed by atoms with Gasteiger partial charge in [0.2, 0.25) is 11.3 Å². The number of halogens is 8. The zero-order chi connectivity index (χ0) is 16.4. The van der Waals surface area contributed by atoms with Gasteiger partial charge in [-0.25, -0.2) is 0 Å². The maximum atomic E-state index is 13.3. The molecule has 0 aromatic rings. The summed E-state index contributed by atoms with van der Waals surface area (Å²) < 4.78 is 107. The number of hydrogen-bond donors (Lipinski definition) is 0. The van der Waals surface area contributed by atoms with E-state index in [4.69, 9.17) is 0 Å². The smallest absolute Gasteiger partial charge is 0.0993 e. The van der Waals surface area contributed by atoms with Crippen molar-refractivity contribution in [3.05, 3.63) is 0 Å². The molecule has 0 saturated heterocycles. The average Bonchev–Trinajstić information content (AvgIpc) is 2.36. The van der Waals surface area contributed by atoms with Gasteiger partial charge in [0.05, 0.1) is 0 Å². The molecule has 4 saturated carbocycles. The van der Waals surface area contributed by atoms with Gasteiger partial charge in [0.25, 0.3) is 0 Å². The van der Waals surface area contributed by atoms with Crippen LogP contribution in [0.1, 0.15) is 25.7 Å². The Balaban J connectivity index is 2.19. The first-order chi connectivity index (χ1) is 10.2. The van der Waals surface area contributed by atoms with E-state index in [9.17, 15) is 35.9 Å². The summed E-state index contributed by atoms with van der Waals surface area (Å²) in [5.74, 6) is -5.41. The van der Waals surface area contributed by atoms with Gasteiger partial charge < -0.3 is 0 Å². The van der Waals surface area contributed by atoms with Crippen molar-refractivity contribution in [1.82, 2.24) is 21.4 Å². The lowest BCUT2D eigenvalue weighted by atomic mass is 9.47. The molecule has 128 valence electrons. The topological polar surface area (TPSA) is 13.0 Å². The summed E-state index contributed by atoms with van der Waals surface area (Å²) in [6.45, 7) is 0. The van der Waals surface area contributed by atoms with E-state index in [0.717, 1.165) is 0 Å². The van der Waals surface area contributed by atoms with Crippen molar-refractivity contribution in [2.75, 3.05) is 0 Å². The van der Waals surface area contributed by atoms with E-state index in [0.29, 0.717) is 0 Å². The van der Waals surface area contributed by atoms with Crippen LogP contribution in [-0.2, 0) is 0 Å². The monoisotopic (exact) mass is 340 g/mol. The fourth-order valence-corrected chi connectivity index (χ4v) is 5.02. The Morgan fingerprint density at radius 2 is 0.909 bits per heavy atom. The van der Waals surface area contributed by atoms with E-state index < -0.39 is 63.3 Å². The predicted octanol–water partition coefficient (Wildman–Crippen LogP) is 3.73. The summed E-state index contributed by atoms with van der Waals surface area (Å²) in [5, 5.41) is -7.49.